The molecule has 0 saturated carbocycles. The average molecular weight is 569 g/mol. The molecule has 3 N–H and O–H groups in total. The quantitative estimate of drug-likeness (QED) is 0.313. The summed E-state index contributed by atoms with van der Waals surface area (Å²) >= 11 is 0. The van der Waals surface area contributed by atoms with Crippen LogP contribution < -0.4 is 21.5 Å². The van der Waals surface area contributed by atoms with Crippen LogP contribution in [-0.2, 0) is 7.05 Å². The minimum atomic E-state index is -2.71. The van der Waals surface area contributed by atoms with Gasteiger partial charge in [-0.15, -0.1) is 0 Å². The van der Waals surface area contributed by atoms with Gasteiger partial charge in [-0.1, -0.05) is 30.3 Å². The van der Waals surface area contributed by atoms with Crippen molar-refractivity contribution in [3.8, 4) is 28.2 Å². The number of nitrogens with one attached hydrogen (secondary N) is 1. The Morgan fingerprint density at radius 2 is 1.71 bits per heavy atom. The van der Waals surface area contributed by atoms with E-state index in [0.717, 1.165) is 0 Å². The highest BCUT2D eigenvalue weighted by Gasteiger charge is 2.44. The van der Waals surface area contributed by atoms with Crippen LogP contribution in [0.5, 0.6) is 0 Å². The third-order valence-electron chi connectivity index (χ3n) is 7.21. The van der Waals surface area contributed by atoms with Gasteiger partial charge in [0, 0.05) is 30.1 Å². The number of benzene rings is 2. The predicted molar refractivity (Wildman–Crippen MR) is 156 cm³/mol. The van der Waals surface area contributed by atoms with Crippen LogP contribution in [0.2, 0.25) is 0 Å². The van der Waals surface area contributed by atoms with Crippen LogP contribution in [0.1, 0.15) is 16.1 Å². The molecular formula is C30H26F2N8O2. The molecular weight excluding hydrogens is 542 g/mol. The fraction of sp³-hybridized carbons (Fsp3) is 0.167. The highest BCUT2D eigenvalue weighted by molar-refractivity contribution is 6.05. The summed E-state index contributed by atoms with van der Waals surface area (Å²) in [5.41, 5.74) is 9.67. The molecule has 3 aromatic heterocycles. The number of carbonyl (C=O) groups excluding carboxylic acids is 1. The molecule has 212 valence electrons. The molecule has 1 saturated heterocycles. The van der Waals surface area contributed by atoms with Crippen LogP contribution in [0.25, 0.3) is 28.2 Å². The summed E-state index contributed by atoms with van der Waals surface area (Å²) in [5, 5.41) is 2.80. The number of pyridine rings is 1. The van der Waals surface area contributed by atoms with E-state index in [2.05, 4.69) is 20.3 Å². The first-order chi connectivity index (χ1) is 20.1. The minimum Gasteiger partial charge on any atom is -0.382 e. The Morgan fingerprint density at radius 3 is 2.40 bits per heavy atom. The fourth-order valence-electron chi connectivity index (χ4n) is 4.91. The van der Waals surface area contributed by atoms with Gasteiger partial charge in [0.1, 0.15) is 22.9 Å². The highest BCUT2D eigenvalue weighted by Crippen LogP contribution is 2.33. The molecule has 4 heterocycles. The molecule has 10 nitrogen and oxygen atoms in total. The second-order valence-electron chi connectivity index (χ2n) is 10.1. The smallest absolute Gasteiger partial charge is 0.284 e. The van der Waals surface area contributed by atoms with E-state index in [1.165, 1.54) is 15.8 Å². The Morgan fingerprint density at radius 1 is 1.00 bits per heavy atom. The van der Waals surface area contributed by atoms with Gasteiger partial charge in [-0.2, -0.15) is 0 Å². The fourth-order valence-corrected chi connectivity index (χ4v) is 4.91. The molecule has 5 aromatic rings. The maximum Gasteiger partial charge on any atom is 0.284 e. The number of alkyl halides is 2. The van der Waals surface area contributed by atoms with E-state index in [9.17, 15) is 18.4 Å². The maximum atomic E-state index is 13.3. The van der Waals surface area contributed by atoms with Crippen molar-refractivity contribution >= 4 is 23.2 Å². The predicted octanol–water partition coefficient (Wildman–Crippen LogP) is 4.29. The van der Waals surface area contributed by atoms with E-state index in [1.807, 2.05) is 18.2 Å². The molecule has 12 heteroatoms. The maximum absolute atomic E-state index is 13.3. The first-order valence-corrected chi connectivity index (χ1v) is 13.1. The zero-order valence-electron chi connectivity index (χ0n) is 22.8. The number of carbonyl (C=O) groups is 1. The summed E-state index contributed by atoms with van der Waals surface area (Å²) in [6.07, 6.45) is 3.06. The Bertz CT molecular complexity index is 1860. The molecule has 6 rings (SSSR count). The van der Waals surface area contributed by atoms with E-state index in [0.29, 0.717) is 45.4 Å². The van der Waals surface area contributed by atoms with Crippen LogP contribution >= 0.6 is 0 Å². The minimum absolute atomic E-state index is 0.0481. The number of para-hydroxylation sites is 1. The van der Waals surface area contributed by atoms with Gasteiger partial charge >= 0.3 is 0 Å². The normalized spacial score (nSPS) is 14.0. The van der Waals surface area contributed by atoms with Crippen molar-refractivity contribution < 1.29 is 13.6 Å². The summed E-state index contributed by atoms with van der Waals surface area (Å²) in [7, 11) is 1.73. The lowest BCUT2D eigenvalue weighted by Crippen LogP contribution is -2.56. The summed E-state index contributed by atoms with van der Waals surface area (Å²) in [6.45, 7) is 0.966. The molecule has 1 aliphatic rings. The standard InChI is InChI=1S/C30H26F2N8O2/c1-18-25(29(42)40(38(18)2)22-6-4-3-5-7-22)28(41)36-21-10-8-19(9-11-21)26-27(33)35-15-23(37-26)20-12-13-34-24(14-20)39-16-30(31,32)17-39/h3-15H,16-17H2,1-2H3,(H2,33,35)(H,36,41). The van der Waals surface area contributed by atoms with Crippen molar-refractivity contribution in [1.82, 2.24) is 24.3 Å². The summed E-state index contributed by atoms with van der Waals surface area (Å²) < 4.78 is 29.8. The van der Waals surface area contributed by atoms with Gasteiger partial charge in [-0.25, -0.2) is 28.4 Å². The lowest BCUT2D eigenvalue weighted by atomic mass is 10.1. The highest BCUT2D eigenvalue weighted by atomic mass is 19.3. The van der Waals surface area contributed by atoms with E-state index in [1.54, 1.807) is 73.4 Å². The van der Waals surface area contributed by atoms with Crippen LogP contribution in [-0.4, -0.2) is 49.2 Å². The molecule has 2 aromatic carbocycles. The zero-order valence-corrected chi connectivity index (χ0v) is 22.8. The Kier molecular flexibility index (Phi) is 6.52. The van der Waals surface area contributed by atoms with Crippen molar-refractivity contribution in [1.29, 1.82) is 0 Å². The molecule has 1 aliphatic heterocycles. The Hall–Kier alpha value is -5.39. The number of nitrogens with two attached hydrogens (primary N) is 1. The number of nitrogen functional groups attached to an aromatic ring is 1. The van der Waals surface area contributed by atoms with Gasteiger partial charge in [0.25, 0.3) is 17.4 Å². The second-order valence-corrected chi connectivity index (χ2v) is 10.1. The van der Waals surface area contributed by atoms with Gasteiger partial charge in [0.15, 0.2) is 0 Å². The van der Waals surface area contributed by atoms with Crippen LogP contribution in [0.4, 0.5) is 26.1 Å². The van der Waals surface area contributed by atoms with E-state index in [4.69, 9.17) is 5.73 Å². The van der Waals surface area contributed by atoms with Gasteiger partial charge in [-0.05, 0) is 43.3 Å². The lowest BCUT2D eigenvalue weighted by Gasteiger charge is -2.39. The van der Waals surface area contributed by atoms with Gasteiger partial charge in [-0.3, -0.25) is 14.3 Å². The Balaban J connectivity index is 1.23. The lowest BCUT2D eigenvalue weighted by molar-refractivity contribution is -0.0267. The van der Waals surface area contributed by atoms with Crippen LogP contribution in [0.15, 0.2) is 83.9 Å². The molecule has 0 radical (unpaired) electrons. The van der Waals surface area contributed by atoms with Gasteiger partial charge in [0.05, 0.1) is 36.4 Å². The Labute approximate surface area is 239 Å². The van der Waals surface area contributed by atoms with Crippen molar-refractivity contribution in [2.75, 3.05) is 29.0 Å². The number of aromatic nitrogens is 5. The molecule has 1 amide bonds. The number of amides is 1. The van der Waals surface area contributed by atoms with E-state index >= 15 is 0 Å². The second kappa shape index (κ2) is 10.2. The molecule has 0 atom stereocenters. The first kappa shape index (κ1) is 26.8. The molecule has 0 unspecified atom stereocenters. The van der Waals surface area contributed by atoms with E-state index < -0.39 is 17.4 Å². The number of rotatable bonds is 6. The first-order valence-electron chi connectivity index (χ1n) is 13.1. The molecule has 0 bridgehead atoms. The van der Waals surface area contributed by atoms with Crippen molar-refractivity contribution in [2.45, 2.75) is 12.8 Å². The topological polar surface area (TPSA) is 124 Å². The van der Waals surface area contributed by atoms with Gasteiger partial charge in [0.2, 0.25) is 0 Å². The number of nitrogens with zero attached hydrogens (tertiary/aromatic N) is 6. The summed E-state index contributed by atoms with van der Waals surface area (Å²) in [5.74, 6) is -2.60. The van der Waals surface area contributed by atoms with Crippen LogP contribution in [0.3, 0.4) is 0 Å². The van der Waals surface area contributed by atoms with Crippen molar-refractivity contribution in [3.05, 3.63) is 101 Å². The van der Waals surface area contributed by atoms with E-state index in [-0.39, 0.29) is 24.5 Å². The monoisotopic (exact) mass is 568 g/mol. The third-order valence-corrected chi connectivity index (χ3v) is 7.21. The van der Waals surface area contributed by atoms with Crippen molar-refractivity contribution in [3.63, 3.8) is 0 Å². The molecule has 1 fully saturated rings. The number of halogens is 2. The number of hydrogen-bond acceptors (Lipinski definition) is 7. The average Bonchev–Trinajstić information content (AvgIpc) is 3.20. The largest absolute Gasteiger partial charge is 0.382 e. The molecule has 0 spiro atoms. The molecule has 0 aliphatic carbocycles. The number of anilines is 3. The zero-order chi connectivity index (χ0) is 29.6. The summed E-state index contributed by atoms with van der Waals surface area (Å²) in [6, 6.07) is 19.3. The van der Waals surface area contributed by atoms with Crippen LogP contribution in [0, 0.1) is 6.92 Å². The number of hydrogen-bond donors (Lipinski definition) is 2. The van der Waals surface area contributed by atoms with Crippen molar-refractivity contribution in [2.24, 2.45) is 7.05 Å². The van der Waals surface area contributed by atoms with Gasteiger partial charge < -0.3 is 16.0 Å². The molecule has 42 heavy (non-hydrogen) atoms. The SMILES string of the molecule is Cc1c(C(=O)Nc2ccc(-c3nc(-c4ccnc(N5CC(F)(F)C5)c4)cnc3N)cc2)c(=O)n(-c2ccccc2)n1C. The third kappa shape index (κ3) is 4.87. The summed E-state index contributed by atoms with van der Waals surface area (Å²) in [4.78, 5) is 41.0.